The van der Waals surface area contributed by atoms with Crippen LogP contribution in [0.1, 0.15) is 20.6 Å². The first-order valence-corrected chi connectivity index (χ1v) is 3.13. The lowest BCUT2D eigenvalue weighted by Crippen LogP contribution is -2.26. The summed E-state index contributed by atoms with van der Waals surface area (Å²) < 4.78 is 43.5. The van der Waals surface area contributed by atoms with Crippen LogP contribution in [0.3, 0.4) is 0 Å². The second-order valence-corrected chi connectivity index (χ2v) is 2.60. The van der Waals surface area contributed by atoms with E-state index >= 15 is 0 Å². The summed E-state index contributed by atoms with van der Waals surface area (Å²) in [6, 6.07) is 0. The molecule has 2 N–H and O–H groups in total. The SMILES string of the molecule is Cl.[2H]C1CC1(CCN)C(F)(F)F. The highest BCUT2D eigenvalue weighted by Crippen LogP contribution is 2.59. The van der Waals surface area contributed by atoms with Crippen LogP contribution in [0, 0.1) is 5.41 Å². The molecule has 2 unspecified atom stereocenters. The molecule has 0 heterocycles. The van der Waals surface area contributed by atoms with Gasteiger partial charge in [-0.15, -0.1) is 12.4 Å². The van der Waals surface area contributed by atoms with Crippen molar-refractivity contribution >= 4 is 12.4 Å². The van der Waals surface area contributed by atoms with Gasteiger partial charge in [-0.25, -0.2) is 0 Å². The minimum atomic E-state index is -4.24. The summed E-state index contributed by atoms with van der Waals surface area (Å²) in [5.41, 5.74) is 3.27. The normalized spacial score (nSPS) is 37.5. The lowest BCUT2D eigenvalue weighted by atomic mass is 10.0. The highest BCUT2D eigenvalue weighted by molar-refractivity contribution is 5.85. The van der Waals surface area contributed by atoms with Gasteiger partial charge in [-0.3, -0.25) is 0 Å². The van der Waals surface area contributed by atoms with Gasteiger partial charge in [0.2, 0.25) is 0 Å². The molecule has 11 heavy (non-hydrogen) atoms. The van der Waals surface area contributed by atoms with Gasteiger partial charge in [0.25, 0.3) is 0 Å². The molecule has 1 saturated carbocycles. The van der Waals surface area contributed by atoms with E-state index in [1.807, 2.05) is 0 Å². The lowest BCUT2D eigenvalue weighted by molar-refractivity contribution is -0.188. The maximum atomic E-state index is 12.2. The van der Waals surface area contributed by atoms with Crippen molar-refractivity contribution < 1.29 is 14.5 Å². The Morgan fingerprint density at radius 1 is 1.55 bits per heavy atom. The summed E-state index contributed by atoms with van der Waals surface area (Å²) in [5.74, 6) is 0. The van der Waals surface area contributed by atoms with Crippen LogP contribution in [0.2, 0.25) is 0 Å². The molecule has 0 aliphatic heterocycles. The number of nitrogens with two attached hydrogens (primary N) is 1. The van der Waals surface area contributed by atoms with Gasteiger partial charge in [0, 0.05) is 1.37 Å². The van der Waals surface area contributed by atoms with Gasteiger partial charge >= 0.3 is 6.18 Å². The third kappa shape index (κ3) is 1.99. The summed E-state index contributed by atoms with van der Waals surface area (Å²) in [7, 11) is 0. The third-order valence-electron chi connectivity index (χ3n) is 1.85. The first-order valence-electron chi connectivity index (χ1n) is 3.71. The molecule has 0 aromatic heterocycles. The molecule has 5 heteroatoms. The van der Waals surface area contributed by atoms with Crippen molar-refractivity contribution in [2.75, 3.05) is 6.54 Å². The summed E-state index contributed by atoms with van der Waals surface area (Å²) in [4.78, 5) is 0. The van der Waals surface area contributed by atoms with Gasteiger partial charge < -0.3 is 5.73 Å². The summed E-state index contributed by atoms with van der Waals surface area (Å²) in [6.07, 6.45) is -5.40. The summed E-state index contributed by atoms with van der Waals surface area (Å²) in [6.45, 7) is 0.00882. The van der Waals surface area contributed by atoms with Crippen molar-refractivity contribution in [2.45, 2.75) is 25.4 Å². The molecular formula is C6H11ClF3N. The number of hydrogen-bond donors (Lipinski definition) is 1. The first kappa shape index (κ1) is 9.13. The molecule has 68 valence electrons. The lowest BCUT2D eigenvalue weighted by Gasteiger charge is -2.17. The Morgan fingerprint density at radius 2 is 2.00 bits per heavy atom. The molecule has 0 aromatic carbocycles. The molecule has 0 bridgehead atoms. The molecule has 1 aliphatic rings. The molecule has 0 amide bonds. The van der Waals surface area contributed by atoms with Crippen molar-refractivity contribution in [2.24, 2.45) is 11.1 Å². The van der Waals surface area contributed by atoms with E-state index in [1.165, 1.54) is 0 Å². The quantitative estimate of drug-likeness (QED) is 0.709. The van der Waals surface area contributed by atoms with Crippen LogP contribution >= 0.6 is 12.4 Å². The molecule has 1 rings (SSSR count). The minimum absolute atomic E-state index is 0. The first-order chi connectivity index (χ1) is 4.94. The Labute approximate surface area is 71.0 Å². The average Bonchev–Trinajstić information content (AvgIpc) is 2.42. The number of rotatable bonds is 2. The van der Waals surface area contributed by atoms with Crippen molar-refractivity contribution in [3.05, 3.63) is 0 Å². The fourth-order valence-corrected chi connectivity index (χ4v) is 0.958. The Bertz CT molecular complexity index is 163. The van der Waals surface area contributed by atoms with E-state index in [4.69, 9.17) is 7.10 Å². The van der Waals surface area contributed by atoms with Gasteiger partial charge in [0.15, 0.2) is 0 Å². The molecule has 0 aromatic rings. The molecular weight excluding hydrogens is 179 g/mol. The fraction of sp³-hybridized carbons (Fsp3) is 1.00. The second-order valence-electron chi connectivity index (χ2n) is 2.60. The minimum Gasteiger partial charge on any atom is -0.330 e. The topological polar surface area (TPSA) is 26.0 Å². The van der Waals surface area contributed by atoms with Crippen molar-refractivity contribution in [1.29, 1.82) is 0 Å². The van der Waals surface area contributed by atoms with Crippen LogP contribution in [0.25, 0.3) is 0 Å². The molecule has 0 radical (unpaired) electrons. The number of halogens is 4. The predicted molar refractivity (Wildman–Crippen MR) is 38.6 cm³/mol. The zero-order valence-corrected chi connectivity index (χ0v) is 6.63. The van der Waals surface area contributed by atoms with Crippen LogP contribution in [-0.2, 0) is 0 Å². The van der Waals surface area contributed by atoms with E-state index < -0.39 is 18.0 Å². The van der Waals surface area contributed by atoms with E-state index in [9.17, 15) is 13.2 Å². The monoisotopic (exact) mass is 190 g/mol. The molecule has 0 saturated heterocycles. The van der Waals surface area contributed by atoms with Crippen molar-refractivity contribution in [3.8, 4) is 0 Å². The standard InChI is InChI=1S/C6H10F3N.ClH/c7-6(8,9)5(1-2-5)3-4-10;/h1-4,10H2;1H/i1D;. The van der Waals surface area contributed by atoms with E-state index in [2.05, 4.69) is 0 Å². The zero-order chi connectivity index (χ0) is 8.70. The van der Waals surface area contributed by atoms with Gasteiger partial charge in [-0.1, -0.05) is 0 Å². The second kappa shape index (κ2) is 3.19. The Kier molecular flexibility index (Phi) is 2.65. The molecule has 0 spiro atoms. The average molecular weight is 191 g/mol. The maximum absolute atomic E-state index is 12.2. The van der Waals surface area contributed by atoms with E-state index in [0.29, 0.717) is 0 Å². The number of hydrogen-bond acceptors (Lipinski definition) is 1. The molecule has 2 atom stereocenters. The fourth-order valence-electron chi connectivity index (χ4n) is 0.958. The van der Waals surface area contributed by atoms with E-state index in [-0.39, 0.29) is 31.8 Å². The maximum Gasteiger partial charge on any atom is 0.394 e. The van der Waals surface area contributed by atoms with Gasteiger partial charge in [-0.2, -0.15) is 13.2 Å². The van der Waals surface area contributed by atoms with Crippen molar-refractivity contribution in [3.63, 3.8) is 0 Å². The summed E-state index contributed by atoms with van der Waals surface area (Å²) in [5, 5.41) is 0. The number of alkyl halides is 3. The largest absolute Gasteiger partial charge is 0.394 e. The van der Waals surface area contributed by atoms with Crippen molar-refractivity contribution in [1.82, 2.24) is 0 Å². The summed E-state index contributed by atoms with van der Waals surface area (Å²) >= 11 is 0. The molecule has 1 fully saturated rings. The van der Waals surface area contributed by atoms with Crippen LogP contribution in [0.15, 0.2) is 0 Å². The van der Waals surface area contributed by atoms with Crippen LogP contribution < -0.4 is 5.73 Å². The molecule has 1 aliphatic carbocycles. The Balaban J connectivity index is 0.00000121. The highest BCUT2D eigenvalue weighted by Gasteiger charge is 2.62. The Morgan fingerprint density at radius 3 is 2.09 bits per heavy atom. The van der Waals surface area contributed by atoms with Gasteiger partial charge in [-0.05, 0) is 25.8 Å². The molecule has 1 nitrogen and oxygen atoms in total. The van der Waals surface area contributed by atoms with Gasteiger partial charge in [0.05, 0.1) is 5.41 Å². The Hall–Kier alpha value is 0.0400. The third-order valence-corrected chi connectivity index (χ3v) is 1.85. The van der Waals surface area contributed by atoms with Crippen LogP contribution in [-0.4, -0.2) is 12.7 Å². The van der Waals surface area contributed by atoms with E-state index in [0.717, 1.165) is 0 Å². The zero-order valence-electron chi connectivity index (χ0n) is 6.82. The smallest absolute Gasteiger partial charge is 0.330 e. The van der Waals surface area contributed by atoms with Crippen LogP contribution in [0.4, 0.5) is 13.2 Å². The van der Waals surface area contributed by atoms with E-state index in [1.54, 1.807) is 0 Å². The van der Waals surface area contributed by atoms with Crippen LogP contribution in [0.5, 0.6) is 0 Å². The predicted octanol–water partition coefficient (Wildman–Crippen LogP) is 2.10. The van der Waals surface area contributed by atoms with Gasteiger partial charge in [0.1, 0.15) is 0 Å². The highest BCUT2D eigenvalue weighted by atomic mass is 35.5.